The van der Waals surface area contributed by atoms with Crippen LogP contribution >= 0.6 is 11.3 Å². The van der Waals surface area contributed by atoms with E-state index in [1.807, 2.05) is 12.1 Å². The SMILES string of the molecule is BCCNc1ccc(C#N)cc1-c1sc2c(c1C(=O)O)CC(C)(C)CC2. The second-order valence-electron chi connectivity index (χ2n) is 7.65. The van der Waals surface area contributed by atoms with Gasteiger partial charge < -0.3 is 10.4 Å². The van der Waals surface area contributed by atoms with Gasteiger partial charge in [-0.1, -0.05) is 20.2 Å². The first-order valence-corrected chi connectivity index (χ1v) is 9.84. The third-order valence-corrected chi connectivity index (χ3v) is 6.27. The molecule has 0 atom stereocenters. The normalized spacial score (nSPS) is 15.1. The first-order chi connectivity index (χ1) is 12.4. The van der Waals surface area contributed by atoms with Crippen LogP contribution in [0.25, 0.3) is 10.4 Å². The highest BCUT2D eigenvalue weighted by molar-refractivity contribution is 7.16. The van der Waals surface area contributed by atoms with Gasteiger partial charge in [0.1, 0.15) is 7.85 Å². The Hall–Kier alpha value is -2.26. The van der Waals surface area contributed by atoms with Gasteiger partial charge in [0.2, 0.25) is 0 Å². The monoisotopic (exact) mass is 366 g/mol. The number of hydrogen-bond acceptors (Lipinski definition) is 4. The van der Waals surface area contributed by atoms with Crippen molar-refractivity contribution in [2.24, 2.45) is 5.41 Å². The predicted molar refractivity (Wildman–Crippen MR) is 109 cm³/mol. The molecule has 0 radical (unpaired) electrons. The van der Waals surface area contributed by atoms with Crippen molar-refractivity contribution in [1.82, 2.24) is 0 Å². The number of nitrogens with zero attached hydrogens (tertiary/aromatic N) is 1. The summed E-state index contributed by atoms with van der Waals surface area (Å²) in [6, 6.07) is 7.65. The second kappa shape index (κ2) is 7.16. The number of anilines is 1. The van der Waals surface area contributed by atoms with Crippen LogP contribution in [-0.4, -0.2) is 25.5 Å². The number of fused-ring (bicyclic) bond motifs is 1. The molecule has 0 aliphatic heterocycles. The summed E-state index contributed by atoms with van der Waals surface area (Å²) < 4.78 is 0. The topological polar surface area (TPSA) is 73.1 Å². The maximum atomic E-state index is 12.1. The molecule has 4 nitrogen and oxygen atoms in total. The number of carbonyl (C=O) groups is 1. The van der Waals surface area contributed by atoms with Gasteiger partial charge in [0.25, 0.3) is 0 Å². The summed E-state index contributed by atoms with van der Waals surface area (Å²) in [5, 5.41) is 22.6. The molecule has 1 aromatic carbocycles. The minimum absolute atomic E-state index is 0.118. The number of aromatic carboxylic acids is 1. The van der Waals surface area contributed by atoms with E-state index in [0.717, 1.165) is 53.8 Å². The molecule has 2 N–H and O–H groups in total. The van der Waals surface area contributed by atoms with Crippen LogP contribution in [0.1, 0.15) is 46.6 Å². The summed E-state index contributed by atoms with van der Waals surface area (Å²) >= 11 is 1.58. The van der Waals surface area contributed by atoms with E-state index in [4.69, 9.17) is 0 Å². The van der Waals surface area contributed by atoms with Crippen molar-refractivity contribution in [3.63, 3.8) is 0 Å². The summed E-state index contributed by atoms with van der Waals surface area (Å²) in [4.78, 5) is 14.1. The third kappa shape index (κ3) is 3.49. The molecule has 26 heavy (non-hydrogen) atoms. The van der Waals surface area contributed by atoms with E-state index in [2.05, 4.69) is 33.1 Å². The number of nitriles is 1. The molecule has 1 aliphatic carbocycles. The minimum atomic E-state index is -0.876. The second-order valence-corrected chi connectivity index (χ2v) is 8.76. The summed E-state index contributed by atoms with van der Waals surface area (Å²) in [5.74, 6) is -0.876. The smallest absolute Gasteiger partial charge is 0.337 e. The van der Waals surface area contributed by atoms with Crippen LogP contribution in [0.5, 0.6) is 0 Å². The molecule has 3 rings (SSSR count). The van der Waals surface area contributed by atoms with Gasteiger partial charge in [0.15, 0.2) is 0 Å². The van der Waals surface area contributed by atoms with Gasteiger partial charge in [-0.3, -0.25) is 0 Å². The quantitative estimate of drug-likeness (QED) is 0.786. The fourth-order valence-corrected chi connectivity index (χ4v) is 4.89. The van der Waals surface area contributed by atoms with E-state index in [-0.39, 0.29) is 5.41 Å². The largest absolute Gasteiger partial charge is 0.478 e. The number of hydrogen-bond donors (Lipinski definition) is 2. The molecule has 0 amide bonds. The van der Waals surface area contributed by atoms with Crippen molar-refractivity contribution in [1.29, 1.82) is 5.26 Å². The summed E-state index contributed by atoms with van der Waals surface area (Å²) in [7, 11) is 2.09. The average Bonchev–Trinajstić information content (AvgIpc) is 2.97. The molecule has 134 valence electrons. The Balaban J connectivity index is 2.20. The van der Waals surface area contributed by atoms with Crippen molar-refractivity contribution >= 4 is 30.8 Å². The van der Waals surface area contributed by atoms with Crippen molar-refractivity contribution in [3.05, 3.63) is 39.8 Å². The van der Waals surface area contributed by atoms with Crippen LogP contribution in [0.3, 0.4) is 0 Å². The van der Waals surface area contributed by atoms with Crippen LogP contribution in [0.2, 0.25) is 6.32 Å². The molecule has 0 saturated carbocycles. The van der Waals surface area contributed by atoms with Crippen LogP contribution in [0.15, 0.2) is 18.2 Å². The highest BCUT2D eigenvalue weighted by Crippen LogP contribution is 2.46. The van der Waals surface area contributed by atoms with Crippen molar-refractivity contribution in [2.75, 3.05) is 11.9 Å². The number of thiophene rings is 1. The van der Waals surface area contributed by atoms with Crippen LogP contribution in [0, 0.1) is 16.7 Å². The standard InChI is InChI=1S/C20H23BN2O2S/c1-20(2)6-5-16-14(10-20)17(19(24)25)18(26-16)13-9-12(11-22)3-4-15(13)23-8-7-21/h3-4,9,23H,5-8,10,21H2,1-2H3,(H,24,25). The minimum Gasteiger partial charge on any atom is -0.478 e. The van der Waals surface area contributed by atoms with E-state index in [1.165, 1.54) is 4.88 Å². The zero-order valence-electron chi connectivity index (χ0n) is 15.5. The van der Waals surface area contributed by atoms with Gasteiger partial charge in [-0.25, -0.2) is 4.79 Å². The summed E-state index contributed by atoms with van der Waals surface area (Å²) in [6.45, 7) is 5.20. The Morgan fingerprint density at radius 2 is 2.23 bits per heavy atom. The molecule has 1 aliphatic rings. The number of nitrogens with one attached hydrogen (secondary N) is 1. The average molecular weight is 366 g/mol. The maximum absolute atomic E-state index is 12.1. The Bertz CT molecular complexity index is 896. The van der Waals surface area contributed by atoms with E-state index in [0.29, 0.717) is 11.1 Å². The Labute approximate surface area is 159 Å². The van der Waals surface area contributed by atoms with Crippen LogP contribution < -0.4 is 5.32 Å². The maximum Gasteiger partial charge on any atom is 0.337 e. The molecular formula is C20H23BN2O2S. The van der Waals surface area contributed by atoms with Crippen molar-refractivity contribution in [2.45, 2.75) is 39.4 Å². The zero-order chi connectivity index (χ0) is 18.9. The molecule has 2 aromatic rings. The zero-order valence-corrected chi connectivity index (χ0v) is 16.3. The fourth-order valence-electron chi connectivity index (χ4n) is 3.55. The van der Waals surface area contributed by atoms with Gasteiger partial charge in [0.05, 0.1) is 22.1 Å². The molecule has 0 unspecified atom stereocenters. The van der Waals surface area contributed by atoms with Crippen molar-refractivity contribution < 1.29 is 9.90 Å². The molecule has 0 saturated heterocycles. The van der Waals surface area contributed by atoms with Crippen LogP contribution in [0.4, 0.5) is 5.69 Å². The number of benzene rings is 1. The lowest BCUT2D eigenvalue weighted by Gasteiger charge is -2.29. The molecule has 1 heterocycles. The van der Waals surface area contributed by atoms with Gasteiger partial charge in [-0.05, 0) is 48.4 Å². The molecule has 6 heteroatoms. The Kier molecular flexibility index (Phi) is 5.11. The molecule has 1 aromatic heterocycles. The number of rotatable bonds is 5. The number of aryl methyl sites for hydroxylation is 1. The lowest BCUT2D eigenvalue weighted by atomic mass is 9.76. The predicted octanol–water partition coefficient (Wildman–Crippen LogP) is 3.96. The first kappa shape index (κ1) is 18.5. The lowest BCUT2D eigenvalue weighted by molar-refractivity contribution is 0.0696. The van der Waals surface area contributed by atoms with Gasteiger partial charge in [-0.15, -0.1) is 11.3 Å². The van der Waals surface area contributed by atoms with E-state index >= 15 is 0 Å². The van der Waals surface area contributed by atoms with E-state index in [1.54, 1.807) is 17.4 Å². The number of carboxylic acids is 1. The summed E-state index contributed by atoms with van der Waals surface area (Å²) in [5.41, 5.74) is 3.79. The Morgan fingerprint density at radius 3 is 2.88 bits per heavy atom. The van der Waals surface area contributed by atoms with E-state index < -0.39 is 5.97 Å². The molecule has 0 bridgehead atoms. The fraction of sp³-hybridized carbons (Fsp3) is 0.400. The molecular weight excluding hydrogens is 343 g/mol. The van der Waals surface area contributed by atoms with E-state index in [9.17, 15) is 15.2 Å². The molecule has 0 spiro atoms. The first-order valence-electron chi connectivity index (χ1n) is 9.02. The third-order valence-electron chi connectivity index (χ3n) is 4.95. The van der Waals surface area contributed by atoms with Gasteiger partial charge in [0, 0.05) is 22.7 Å². The Morgan fingerprint density at radius 1 is 1.46 bits per heavy atom. The number of carboxylic acid groups (broad SMARTS) is 1. The summed E-state index contributed by atoms with van der Waals surface area (Å²) in [6.07, 6.45) is 3.75. The van der Waals surface area contributed by atoms with Crippen molar-refractivity contribution in [3.8, 4) is 16.5 Å². The lowest BCUT2D eigenvalue weighted by Crippen LogP contribution is -2.22. The highest BCUT2D eigenvalue weighted by atomic mass is 32.1. The highest BCUT2D eigenvalue weighted by Gasteiger charge is 2.33. The van der Waals surface area contributed by atoms with Gasteiger partial charge in [-0.2, -0.15) is 5.26 Å². The molecule has 0 fully saturated rings. The van der Waals surface area contributed by atoms with Crippen LogP contribution in [-0.2, 0) is 12.8 Å². The van der Waals surface area contributed by atoms with Gasteiger partial charge >= 0.3 is 5.97 Å².